The van der Waals surface area contributed by atoms with Crippen molar-refractivity contribution >= 4 is 24.3 Å². The first kappa shape index (κ1) is 20.6. The van der Waals surface area contributed by atoms with Crippen molar-refractivity contribution < 1.29 is 0 Å². The number of rotatable bonds is 4. The first-order valence-electron chi connectivity index (χ1n) is 7.44. The minimum atomic E-state index is 1.13. The van der Waals surface area contributed by atoms with Crippen LogP contribution >= 0.6 is 0 Å². The fourth-order valence-corrected chi connectivity index (χ4v) is 1.94. The monoisotopic (exact) mass is 273 g/mol. The Labute approximate surface area is 126 Å². The topological polar surface area (TPSA) is 4.93 Å². The minimum Gasteiger partial charge on any atom is -0.344 e. The lowest BCUT2D eigenvalue weighted by molar-refractivity contribution is 0.901. The fourth-order valence-electron chi connectivity index (χ4n) is 1.94. The highest BCUT2D eigenvalue weighted by atomic mass is 15.0. The quantitative estimate of drug-likeness (QED) is 0.595. The van der Waals surface area contributed by atoms with Crippen molar-refractivity contribution in [2.24, 2.45) is 7.05 Å². The number of nitrogens with zero attached hydrogens (tertiary/aromatic N) is 1. The van der Waals surface area contributed by atoms with Crippen LogP contribution in [0.2, 0.25) is 0 Å². The van der Waals surface area contributed by atoms with Crippen molar-refractivity contribution in [3.05, 3.63) is 47.8 Å². The van der Waals surface area contributed by atoms with Crippen LogP contribution in [0.25, 0.3) is 24.3 Å². The summed E-state index contributed by atoms with van der Waals surface area (Å²) in [5.74, 6) is 0. The molecule has 1 heteroatoms. The Hall–Kier alpha value is -1.76. The Morgan fingerprint density at radius 3 is 1.25 bits per heavy atom. The third-order valence-corrected chi connectivity index (χ3v) is 2.62. The smallest absolute Gasteiger partial charge is 0.0482 e. The van der Waals surface area contributed by atoms with Gasteiger partial charge in [0.25, 0.3) is 0 Å². The second-order valence-corrected chi connectivity index (χ2v) is 3.57. The zero-order chi connectivity index (χ0) is 16.1. The largest absolute Gasteiger partial charge is 0.344 e. The fraction of sp³-hybridized carbons (Fsp3) is 0.368. The highest BCUT2D eigenvalue weighted by molar-refractivity contribution is 5.78. The maximum atomic E-state index is 3.87. The van der Waals surface area contributed by atoms with Crippen LogP contribution in [0.1, 0.15) is 64.1 Å². The molecule has 0 radical (unpaired) electrons. The lowest BCUT2D eigenvalue weighted by atomic mass is 10.1. The number of aromatic nitrogens is 1. The van der Waals surface area contributed by atoms with Crippen LogP contribution in [0.4, 0.5) is 0 Å². The molecule has 0 bridgehead atoms. The Morgan fingerprint density at radius 1 is 0.750 bits per heavy atom. The van der Waals surface area contributed by atoms with E-state index in [4.69, 9.17) is 0 Å². The third-order valence-electron chi connectivity index (χ3n) is 2.62. The summed E-state index contributed by atoms with van der Waals surface area (Å²) >= 11 is 0. The van der Waals surface area contributed by atoms with Crippen molar-refractivity contribution in [3.8, 4) is 0 Å². The molecule has 0 aliphatic rings. The minimum absolute atomic E-state index is 1.13. The van der Waals surface area contributed by atoms with Crippen molar-refractivity contribution in [1.82, 2.24) is 4.57 Å². The highest BCUT2D eigenvalue weighted by Crippen LogP contribution is 2.27. The summed E-state index contributed by atoms with van der Waals surface area (Å²) < 4.78 is 2.12. The summed E-state index contributed by atoms with van der Waals surface area (Å²) in [6.07, 6.45) is 12.1. The summed E-state index contributed by atoms with van der Waals surface area (Å²) in [6, 6.07) is 0. The average Bonchev–Trinajstić information content (AvgIpc) is 2.75. The van der Waals surface area contributed by atoms with E-state index in [1.54, 1.807) is 0 Å². The molecule has 0 aromatic carbocycles. The molecular weight excluding hydrogens is 242 g/mol. The second-order valence-electron chi connectivity index (χ2n) is 3.57. The van der Waals surface area contributed by atoms with Crippen molar-refractivity contribution in [3.63, 3.8) is 0 Å². The second kappa shape index (κ2) is 12.3. The molecule has 0 aliphatic carbocycles. The molecule has 0 saturated carbocycles. The maximum Gasteiger partial charge on any atom is 0.0482 e. The van der Waals surface area contributed by atoms with Crippen LogP contribution in [0.15, 0.2) is 25.3 Å². The van der Waals surface area contributed by atoms with Gasteiger partial charge in [0.2, 0.25) is 0 Å². The van der Waals surface area contributed by atoms with E-state index < -0.39 is 0 Å². The predicted molar refractivity (Wildman–Crippen MR) is 97.7 cm³/mol. The summed E-state index contributed by atoms with van der Waals surface area (Å²) in [4.78, 5) is 0. The van der Waals surface area contributed by atoms with Gasteiger partial charge in [-0.3, -0.25) is 0 Å². The predicted octanol–water partition coefficient (Wildman–Crippen LogP) is 6.43. The molecule has 0 N–H and O–H groups in total. The number of hydrogen-bond acceptors (Lipinski definition) is 0. The first-order valence-corrected chi connectivity index (χ1v) is 7.44. The lowest BCUT2D eigenvalue weighted by Crippen LogP contribution is -1.93. The molecule has 0 amide bonds. The number of hydrogen-bond donors (Lipinski definition) is 0. The van der Waals surface area contributed by atoms with E-state index in [9.17, 15) is 0 Å². The molecule has 1 heterocycles. The summed E-state index contributed by atoms with van der Waals surface area (Å²) in [5.41, 5.74) is 4.66. The average molecular weight is 273 g/mol. The maximum absolute atomic E-state index is 3.87. The van der Waals surface area contributed by atoms with Crippen LogP contribution < -0.4 is 0 Å². The Kier molecular flexibility index (Phi) is 12.6. The zero-order valence-electron chi connectivity index (χ0n) is 14.3. The van der Waals surface area contributed by atoms with Gasteiger partial charge in [-0.2, -0.15) is 0 Å². The van der Waals surface area contributed by atoms with E-state index in [1.165, 1.54) is 11.1 Å². The summed E-state index contributed by atoms with van der Waals surface area (Å²) in [7, 11) is 2.04. The standard InChI is InChI=1S/C15H19N.2C2H6/c1-6-10-12-13(11-7-2)15(9-4)16(5)14(12)8-3;2*1-2/h6-11H,3-4H2,1-2,5H3;2*1-2H3/b10-6-,11-7-;;. The molecule has 0 atom stereocenters. The molecule has 0 unspecified atom stereocenters. The molecule has 1 nitrogen and oxygen atoms in total. The normalized spacial score (nSPS) is 9.75. The Bertz CT molecular complexity index is 415. The van der Waals surface area contributed by atoms with E-state index >= 15 is 0 Å². The van der Waals surface area contributed by atoms with Crippen molar-refractivity contribution in [1.29, 1.82) is 0 Å². The van der Waals surface area contributed by atoms with Crippen LogP contribution in [0.3, 0.4) is 0 Å². The molecule has 0 spiro atoms. The van der Waals surface area contributed by atoms with Crippen molar-refractivity contribution in [2.75, 3.05) is 0 Å². The SMILES string of the molecule is C=Cc1c(/C=C\C)c(/C=C\C)c(C=C)n1C.CC.CC. The van der Waals surface area contributed by atoms with E-state index in [0.29, 0.717) is 0 Å². The molecule has 1 aromatic heterocycles. The van der Waals surface area contributed by atoms with Crippen LogP contribution in [-0.2, 0) is 7.05 Å². The van der Waals surface area contributed by atoms with Gasteiger partial charge in [0.05, 0.1) is 0 Å². The van der Waals surface area contributed by atoms with E-state index in [-0.39, 0.29) is 0 Å². The van der Waals surface area contributed by atoms with Gasteiger partial charge in [-0.25, -0.2) is 0 Å². The lowest BCUT2D eigenvalue weighted by Gasteiger charge is -2.00. The summed E-state index contributed by atoms with van der Waals surface area (Å²) in [5, 5.41) is 0. The van der Waals surface area contributed by atoms with E-state index in [0.717, 1.165) is 11.4 Å². The first-order chi connectivity index (χ1) is 9.71. The molecular formula is C19H31N. The molecule has 0 saturated heterocycles. The van der Waals surface area contributed by atoms with Crippen molar-refractivity contribution in [2.45, 2.75) is 41.5 Å². The van der Waals surface area contributed by atoms with Gasteiger partial charge in [-0.05, 0) is 26.0 Å². The Morgan fingerprint density at radius 2 is 1.05 bits per heavy atom. The highest BCUT2D eigenvalue weighted by Gasteiger charge is 2.12. The molecule has 1 aromatic rings. The van der Waals surface area contributed by atoms with Gasteiger partial charge in [0, 0.05) is 29.6 Å². The molecule has 0 fully saturated rings. The molecule has 1 rings (SSSR count). The molecule has 112 valence electrons. The van der Waals surface area contributed by atoms with Gasteiger partial charge in [-0.1, -0.05) is 65.2 Å². The van der Waals surface area contributed by atoms with Crippen LogP contribution in [0, 0.1) is 0 Å². The van der Waals surface area contributed by atoms with Gasteiger partial charge < -0.3 is 4.57 Å². The molecule has 0 aliphatic heterocycles. The van der Waals surface area contributed by atoms with Gasteiger partial charge >= 0.3 is 0 Å². The van der Waals surface area contributed by atoms with Gasteiger partial charge in [0.1, 0.15) is 0 Å². The summed E-state index contributed by atoms with van der Waals surface area (Å²) in [6.45, 7) is 19.8. The van der Waals surface area contributed by atoms with E-state index in [2.05, 4.69) is 29.9 Å². The van der Waals surface area contributed by atoms with E-state index in [1.807, 2.05) is 72.9 Å². The van der Waals surface area contributed by atoms with Gasteiger partial charge in [0.15, 0.2) is 0 Å². The van der Waals surface area contributed by atoms with Crippen LogP contribution in [-0.4, -0.2) is 4.57 Å². The zero-order valence-corrected chi connectivity index (χ0v) is 14.3. The van der Waals surface area contributed by atoms with Crippen LogP contribution in [0.5, 0.6) is 0 Å². The third kappa shape index (κ3) is 4.73. The molecule has 20 heavy (non-hydrogen) atoms. The number of allylic oxidation sites excluding steroid dienone is 2. The van der Waals surface area contributed by atoms with Gasteiger partial charge in [-0.15, -0.1) is 0 Å². The Balaban J connectivity index is 0.